The molecule has 0 atom stereocenters. The molecule has 0 saturated heterocycles. The maximum Gasteiger partial charge on any atom is 0.303 e. The molecule has 0 radical (unpaired) electrons. The number of unbranched alkanes of at least 4 members (excludes halogenated alkanes) is 3. The van der Waals surface area contributed by atoms with Gasteiger partial charge in [-0.05, 0) is 61.8 Å². The van der Waals surface area contributed by atoms with Gasteiger partial charge < -0.3 is 15.3 Å². The summed E-state index contributed by atoms with van der Waals surface area (Å²) in [6.07, 6.45) is 4.92. The van der Waals surface area contributed by atoms with Crippen LogP contribution >= 0.6 is 0 Å². The minimum Gasteiger partial charge on any atom is -0.508 e. The van der Waals surface area contributed by atoms with Crippen LogP contribution in [0.4, 0.5) is 0 Å². The molecular formula is C16H24O6. The van der Waals surface area contributed by atoms with E-state index >= 15 is 0 Å². The molecular weight excluding hydrogens is 288 g/mol. The molecule has 0 aliphatic rings. The number of carbonyl (C=O) groups is 1. The van der Waals surface area contributed by atoms with Crippen molar-refractivity contribution in [3.8, 4) is 11.5 Å². The Kier molecular flexibility index (Phi) is 8.32. The highest BCUT2D eigenvalue weighted by molar-refractivity contribution is 5.66. The van der Waals surface area contributed by atoms with Crippen LogP contribution in [-0.2, 0) is 22.5 Å². The normalized spacial score (nSPS) is 10.8. The van der Waals surface area contributed by atoms with E-state index in [9.17, 15) is 15.0 Å². The number of aryl methyl sites for hydroxylation is 2. The predicted octanol–water partition coefficient (Wildman–Crippen LogP) is 3.10. The largest absolute Gasteiger partial charge is 0.508 e. The van der Waals surface area contributed by atoms with Crippen molar-refractivity contribution in [2.75, 3.05) is 6.61 Å². The third-order valence-electron chi connectivity index (χ3n) is 3.55. The van der Waals surface area contributed by atoms with Crippen LogP contribution in [0.3, 0.4) is 0 Å². The molecule has 6 heteroatoms. The zero-order chi connectivity index (χ0) is 16.4. The molecule has 22 heavy (non-hydrogen) atoms. The van der Waals surface area contributed by atoms with E-state index in [2.05, 4.69) is 4.89 Å². The first kappa shape index (κ1) is 18.3. The Morgan fingerprint density at radius 2 is 1.45 bits per heavy atom. The molecule has 0 aliphatic carbocycles. The van der Waals surface area contributed by atoms with Crippen molar-refractivity contribution >= 4 is 5.97 Å². The van der Waals surface area contributed by atoms with Gasteiger partial charge in [0.25, 0.3) is 0 Å². The minimum absolute atomic E-state index is 0.113. The number of phenolic OH excluding ortho intramolecular Hbond substituents is 2. The second kappa shape index (κ2) is 10.0. The molecule has 1 aromatic carbocycles. The highest BCUT2D eigenvalue weighted by Gasteiger charge is 2.09. The highest BCUT2D eigenvalue weighted by atomic mass is 17.1. The lowest BCUT2D eigenvalue weighted by Crippen LogP contribution is -1.96. The summed E-state index contributed by atoms with van der Waals surface area (Å²) in [5.74, 6) is -0.528. The van der Waals surface area contributed by atoms with E-state index in [4.69, 9.17) is 10.4 Å². The van der Waals surface area contributed by atoms with Crippen LogP contribution in [0.1, 0.15) is 49.7 Å². The molecule has 124 valence electrons. The highest BCUT2D eigenvalue weighted by Crippen LogP contribution is 2.29. The zero-order valence-electron chi connectivity index (χ0n) is 12.6. The smallest absolute Gasteiger partial charge is 0.303 e. The molecule has 1 aromatic rings. The maximum absolute atomic E-state index is 10.4. The van der Waals surface area contributed by atoms with Gasteiger partial charge >= 0.3 is 5.97 Å². The molecule has 0 heterocycles. The average molecular weight is 312 g/mol. The summed E-state index contributed by atoms with van der Waals surface area (Å²) in [6, 6.07) is 3.13. The molecule has 0 amide bonds. The summed E-state index contributed by atoms with van der Waals surface area (Å²) < 4.78 is 0. The van der Waals surface area contributed by atoms with Crippen molar-refractivity contribution in [3.63, 3.8) is 0 Å². The number of carboxylic acid groups (broad SMARTS) is 1. The summed E-state index contributed by atoms with van der Waals surface area (Å²) >= 11 is 0. The van der Waals surface area contributed by atoms with Gasteiger partial charge in [0, 0.05) is 6.42 Å². The van der Waals surface area contributed by atoms with Gasteiger partial charge in [-0.3, -0.25) is 10.1 Å². The van der Waals surface area contributed by atoms with Crippen LogP contribution in [0.15, 0.2) is 12.1 Å². The van der Waals surface area contributed by atoms with Crippen LogP contribution in [-0.4, -0.2) is 33.2 Å². The van der Waals surface area contributed by atoms with Crippen LogP contribution < -0.4 is 0 Å². The standard InChI is InChI=1S/C16H24O6/c17-14-11-13(7-3-4-8-16(19)20)15(18)10-12(14)6-2-1-5-9-22-21/h10-11,17-18,21H,1-9H2,(H,19,20). The number of carboxylic acids is 1. The minimum atomic E-state index is -0.825. The Morgan fingerprint density at radius 1 is 0.909 bits per heavy atom. The van der Waals surface area contributed by atoms with E-state index in [1.807, 2.05) is 0 Å². The molecule has 0 aliphatic heterocycles. The molecule has 0 unspecified atom stereocenters. The molecule has 0 aromatic heterocycles. The number of aliphatic carboxylic acids is 1. The van der Waals surface area contributed by atoms with E-state index in [0.717, 1.165) is 19.3 Å². The molecule has 4 N–H and O–H groups in total. The maximum atomic E-state index is 10.4. The third kappa shape index (κ3) is 6.78. The number of phenols is 2. The Balaban J connectivity index is 2.47. The number of aromatic hydroxyl groups is 2. The second-order valence-corrected chi connectivity index (χ2v) is 5.35. The van der Waals surface area contributed by atoms with E-state index in [-0.39, 0.29) is 17.9 Å². The van der Waals surface area contributed by atoms with Crippen molar-refractivity contribution in [1.29, 1.82) is 0 Å². The lowest BCUT2D eigenvalue weighted by molar-refractivity contribution is -0.242. The molecule has 0 fully saturated rings. The van der Waals surface area contributed by atoms with Crippen molar-refractivity contribution in [1.82, 2.24) is 0 Å². The molecule has 0 spiro atoms. The van der Waals surface area contributed by atoms with Gasteiger partial charge in [-0.25, -0.2) is 4.89 Å². The van der Waals surface area contributed by atoms with E-state index in [1.165, 1.54) is 0 Å². The Hall–Kier alpha value is -1.79. The molecule has 6 nitrogen and oxygen atoms in total. The summed E-state index contributed by atoms with van der Waals surface area (Å²) in [4.78, 5) is 14.4. The zero-order valence-corrected chi connectivity index (χ0v) is 12.6. The molecule has 0 saturated carbocycles. The predicted molar refractivity (Wildman–Crippen MR) is 81.1 cm³/mol. The number of benzene rings is 1. The third-order valence-corrected chi connectivity index (χ3v) is 3.55. The van der Waals surface area contributed by atoms with Gasteiger partial charge in [0.1, 0.15) is 11.5 Å². The lowest BCUT2D eigenvalue weighted by atomic mass is 10.00. The summed E-state index contributed by atoms with van der Waals surface area (Å²) in [5, 5.41) is 36.8. The fourth-order valence-corrected chi connectivity index (χ4v) is 2.31. The van der Waals surface area contributed by atoms with Gasteiger partial charge in [-0.2, -0.15) is 0 Å². The topological polar surface area (TPSA) is 107 Å². The van der Waals surface area contributed by atoms with Gasteiger partial charge in [0.15, 0.2) is 0 Å². The fraction of sp³-hybridized carbons (Fsp3) is 0.562. The van der Waals surface area contributed by atoms with Crippen LogP contribution in [0.25, 0.3) is 0 Å². The summed E-state index contributed by atoms with van der Waals surface area (Å²) in [6.45, 7) is 0.298. The second-order valence-electron chi connectivity index (χ2n) is 5.35. The summed E-state index contributed by atoms with van der Waals surface area (Å²) in [5.41, 5.74) is 1.33. The molecule has 1 rings (SSSR count). The van der Waals surface area contributed by atoms with Gasteiger partial charge in [-0.1, -0.05) is 6.42 Å². The van der Waals surface area contributed by atoms with Gasteiger partial charge in [0.2, 0.25) is 0 Å². The number of hydrogen-bond acceptors (Lipinski definition) is 5. The van der Waals surface area contributed by atoms with E-state index in [0.29, 0.717) is 43.4 Å². The van der Waals surface area contributed by atoms with Crippen LogP contribution in [0.5, 0.6) is 11.5 Å². The number of rotatable bonds is 11. The van der Waals surface area contributed by atoms with Crippen molar-refractivity contribution in [3.05, 3.63) is 23.3 Å². The first-order valence-corrected chi connectivity index (χ1v) is 7.56. The average Bonchev–Trinajstić information content (AvgIpc) is 2.47. The van der Waals surface area contributed by atoms with Crippen LogP contribution in [0, 0.1) is 0 Å². The first-order valence-electron chi connectivity index (χ1n) is 7.56. The SMILES string of the molecule is O=C(O)CCCCc1cc(O)c(CCCCCOO)cc1O. The number of hydrogen-bond donors (Lipinski definition) is 4. The fourth-order valence-electron chi connectivity index (χ4n) is 2.31. The van der Waals surface area contributed by atoms with E-state index in [1.54, 1.807) is 12.1 Å². The Labute approximate surface area is 129 Å². The first-order chi connectivity index (χ1) is 10.5. The van der Waals surface area contributed by atoms with Gasteiger partial charge in [-0.15, -0.1) is 0 Å². The quantitative estimate of drug-likeness (QED) is 0.216. The van der Waals surface area contributed by atoms with Crippen molar-refractivity contribution < 1.29 is 30.3 Å². The van der Waals surface area contributed by atoms with Crippen molar-refractivity contribution in [2.24, 2.45) is 0 Å². The Bertz CT molecular complexity index is 472. The van der Waals surface area contributed by atoms with Gasteiger partial charge in [0.05, 0.1) is 6.61 Å². The van der Waals surface area contributed by atoms with Crippen LogP contribution in [0.2, 0.25) is 0 Å². The Morgan fingerprint density at radius 3 is 1.95 bits per heavy atom. The lowest BCUT2D eigenvalue weighted by Gasteiger charge is -2.10. The van der Waals surface area contributed by atoms with E-state index < -0.39 is 5.97 Å². The van der Waals surface area contributed by atoms with Crippen molar-refractivity contribution in [2.45, 2.75) is 51.4 Å². The monoisotopic (exact) mass is 312 g/mol. The molecule has 0 bridgehead atoms. The summed E-state index contributed by atoms with van der Waals surface area (Å²) in [7, 11) is 0.